The molecule has 0 bridgehead atoms. The van der Waals surface area contributed by atoms with E-state index in [0.29, 0.717) is 23.8 Å². The smallest absolute Gasteiger partial charge is 0.253 e. The second kappa shape index (κ2) is 12.7. The number of rotatable bonds is 10. The van der Waals surface area contributed by atoms with Crippen LogP contribution in [-0.2, 0) is 33.3 Å². The van der Waals surface area contributed by atoms with Crippen molar-refractivity contribution >= 4 is 23.0 Å². The Balaban J connectivity index is 1.48. The number of benzene rings is 1. The third-order valence-electron chi connectivity index (χ3n) is 10.2. The first-order valence-electron chi connectivity index (χ1n) is 16.6. The number of nitrogens with zero attached hydrogens (tertiary/aromatic N) is 1. The van der Waals surface area contributed by atoms with Crippen LogP contribution in [0.2, 0.25) is 0 Å². The van der Waals surface area contributed by atoms with Gasteiger partial charge in [-0.3, -0.25) is 9.59 Å². The van der Waals surface area contributed by atoms with E-state index in [2.05, 4.69) is 61.1 Å². The van der Waals surface area contributed by atoms with E-state index in [4.69, 9.17) is 4.74 Å². The van der Waals surface area contributed by atoms with Crippen molar-refractivity contribution < 1.29 is 18.9 Å². The van der Waals surface area contributed by atoms with Crippen molar-refractivity contribution in [2.45, 2.75) is 110 Å². The van der Waals surface area contributed by atoms with Crippen LogP contribution in [0.1, 0.15) is 113 Å². The fourth-order valence-electron chi connectivity index (χ4n) is 7.04. The molecule has 2 amide bonds. The van der Waals surface area contributed by atoms with E-state index in [-0.39, 0.29) is 29.2 Å². The van der Waals surface area contributed by atoms with Gasteiger partial charge in [0.15, 0.2) is 0 Å². The third kappa shape index (κ3) is 7.01. The molecule has 2 aliphatic carbocycles. The lowest BCUT2D eigenvalue weighted by molar-refractivity contribution is -0.128. The van der Waals surface area contributed by atoms with Crippen molar-refractivity contribution in [3.8, 4) is 17.0 Å². The van der Waals surface area contributed by atoms with E-state index in [1.54, 1.807) is 6.26 Å². The highest BCUT2D eigenvalue weighted by Gasteiger charge is 2.49. The molecule has 2 heterocycles. The molecule has 1 atom stereocenters. The first-order valence-corrected chi connectivity index (χ1v) is 18.3. The van der Waals surface area contributed by atoms with Crippen molar-refractivity contribution in [2.75, 3.05) is 31.7 Å². The minimum Gasteiger partial charge on any atom is -0.617 e. The van der Waals surface area contributed by atoms with Gasteiger partial charge in [0.1, 0.15) is 11.5 Å². The number of hydrogen-bond donors (Lipinski definition) is 2. The highest BCUT2D eigenvalue weighted by atomic mass is 32.2. The minimum absolute atomic E-state index is 0.0815. The molecule has 242 valence electrons. The van der Waals surface area contributed by atoms with Crippen LogP contribution >= 0.6 is 0 Å². The topological polar surface area (TPSA) is 95.4 Å². The lowest BCUT2D eigenvalue weighted by atomic mass is 9.79. The zero-order valence-corrected chi connectivity index (χ0v) is 28.8. The molecule has 8 heteroatoms. The summed E-state index contributed by atoms with van der Waals surface area (Å²) >= 11 is -0.969. The zero-order chi connectivity index (χ0) is 31.9. The van der Waals surface area contributed by atoms with Crippen LogP contribution in [0.5, 0.6) is 5.75 Å². The summed E-state index contributed by atoms with van der Waals surface area (Å²) in [7, 11) is 0. The maximum atomic E-state index is 13.8. The summed E-state index contributed by atoms with van der Waals surface area (Å²) in [6, 6.07) is 6.75. The molecule has 0 saturated heterocycles. The average Bonchev–Trinajstić information content (AvgIpc) is 3.67. The Bertz CT molecular complexity index is 1360. The van der Waals surface area contributed by atoms with E-state index >= 15 is 0 Å². The van der Waals surface area contributed by atoms with Crippen LogP contribution in [0.3, 0.4) is 0 Å². The molecule has 0 radical (unpaired) electrons. The Labute approximate surface area is 267 Å². The van der Waals surface area contributed by atoms with Crippen molar-refractivity contribution in [3.05, 3.63) is 40.6 Å². The molecule has 1 aliphatic heterocycles. The van der Waals surface area contributed by atoms with Crippen LogP contribution in [0.4, 0.5) is 0 Å². The molecule has 7 nitrogen and oxygen atoms in total. The Morgan fingerprint density at radius 2 is 1.75 bits per heavy atom. The minimum atomic E-state index is -0.969. The van der Waals surface area contributed by atoms with Crippen LogP contribution in [-0.4, -0.2) is 52.6 Å². The van der Waals surface area contributed by atoms with Crippen LogP contribution in [0.15, 0.2) is 18.2 Å². The number of amides is 2. The molecule has 1 aromatic carbocycles. The number of hydrogen-bond acceptors (Lipinski definition) is 4. The van der Waals surface area contributed by atoms with E-state index in [0.717, 1.165) is 42.3 Å². The second-order valence-corrected chi connectivity index (χ2v) is 16.8. The number of fused-ring (bicyclic) bond motifs is 2. The Morgan fingerprint density at radius 1 is 1.05 bits per heavy atom. The van der Waals surface area contributed by atoms with Gasteiger partial charge < -0.3 is 24.5 Å². The standard InChI is InChI=1S/C36H53N3O4S/c1-24-27(32(40)38-23-35(5,6)33(41)37-16-18-44(7)42)21-30(39(24)22-25-11-9-8-10-12-25)26-19-28(34(2,3)4)31-29(20-26)36(13-14-36)15-17-43-31/h19-21,25H,8-18,22-23H2,1-7H3,(H,37,41)(H,38,40). The first kappa shape index (κ1) is 32.9. The lowest BCUT2D eigenvalue weighted by Crippen LogP contribution is -2.46. The number of aromatic nitrogens is 1. The van der Waals surface area contributed by atoms with E-state index in [9.17, 15) is 14.1 Å². The first-order chi connectivity index (χ1) is 20.7. The van der Waals surface area contributed by atoms with Gasteiger partial charge in [-0.1, -0.05) is 51.2 Å². The van der Waals surface area contributed by atoms with Crippen LogP contribution < -0.4 is 15.4 Å². The quantitative estimate of drug-likeness (QED) is 0.299. The summed E-state index contributed by atoms with van der Waals surface area (Å²) in [6.45, 7) is 14.8. The SMILES string of the molecule is Cc1c(C(=O)NCC(C)(C)C(=O)NCC[S+](C)[O-])cc(-c2cc(C(C)(C)C)c3c(c2)C2(CCO3)CC2)n1CC1CCCCC1. The van der Waals surface area contributed by atoms with Crippen molar-refractivity contribution in [2.24, 2.45) is 11.3 Å². The van der Waals surface area contributed by atoms with Gasteiger partial charge in [-0.15, -0.1) is 0 Å². The predicted molar refractivity (Wildman–Crippen MR) is 179 cm³/mol. The molecule has 5 rings (SSSR count). The van der Waals surface area contributed by atoms with Crippen LogP contribution in [0.25, 0.3) is 11.3 Å². The predicted octanol–water partition coefficient (Wildman–Crippen LogP) is 6.41. The maximum absolute atomic E-state index is 13.8. The third-order valence-corrected chi connectivity index (χ3v) is 11.0. The average molecular weight is 624 g/mol. The van der Waals surface area contributed by atoms with Crippen molar-refractivity contribution in [1.29, 1.82) is 0 Å². The molecule has 1 spiro atoms. The summed E-state index contributed by atoms with van der Waals surface area (Å²) in [5.41, 5.74) is 5.84. The summed E-state index contributed by atoms with van der Waals surface area (Å²) < 4.78 is 20.2. The fraction of sp³-hybridized carbons (Fsp3) is 0.667. The van der Waals surface area contributed by atoms with Gasteiger partial charge in [0.2, 0.25) is 5.91 Å². The Hall–Kier alpha value is -2.45. The van der Waals surface area contributed by atoms with Gasteiger partial charge in [0.25, 0.3) is 5.91 Å². The van der Waals surface area contributed by atoms with Crippen molar-refractivity contribution in [1.82, 2.24) is 15.2 Å². The highest BCUT2D eigenvalue weighted by Crippen LogP contribution is 2.58. The maximum Gasteiger partial charge on any atom is 0.253 e. The molecule has 1 aromatic heterocycles. The lowest BCUT2D eigenvalue weighted by Gasteiger charge is -2.33. The van der Waals surface area contributed by atoms with Gasteiger partial charge in [0, 0.05) is 41.0 Å². The van der Waals surface area contributed by atoms with E-state index < -0.39 is 16.6 Å². The zero-order valence-electron chi connectivity index (χ0n) is 28.0. The summed E-state index contributed by atoms with van der Waals surface area (Å²) in [4.78, 5) is 26.6. The van der Waals surface area contributed by atoms with Gasteiger partial charge in [-0.05, 0) is 88.0 Å². The number of ether oxygens (including phenoxy) is 1. The molecule has 44 heavy (non-hydrogen) atoms. The van der Waals surface area contributed by atoms with Crippen LogP contribution in [0, 0.1) is 18.3 Å². The Morgan fingerprint density at radius 3 is 2.39 bits per heavy atom. The van der Waals surface area contributed by atoms with Gasteiger partial charge in [0.05, 0.1) is 30.4 Å². The van der Waals surface area contributed by atoms with E-state index in [1.165, 1.54) is 56.1 Å². The Kier molecular flexibility index (Phi) is 9.54. The molecule has 2 N–H and O–H groups in total. The molecule has 2 fully saturated rings. The monoisotopic (exact) mass is 623 g/mol. The molecular weight excluding hydrogens is 570 g/mol. The summed E-state index contributed by atoms with van der Waals surface area (Å²) in [5.74, 6) is 1.78. The normalized spacial score (nSPS) is 18.8. The number of carbonyl (C=O) groups excluding carboxylic acids is 2. The summed E-state index contributed by atoms with van der Waals surface area (Å²) in [5, 5.41) is 5.94. The largest absolute Gasteiger partial charge is 0.617 e. The molecule has 2 saturated carbocycles. The molecule has 1 unspecified atom stereocenters. The molecule has 2 aromatic rings. The van der Waals surface area contributed by atoms with Gasteiger partial charge in [-0.25, -0.2) is 0 Å². The summed E-state index contributed by atoms with van der Waals surface area (Å²) in [6.07, 6.45) is 11.4. The molecule has 3 aliphatic rings. The van der Waals surface area contributed by atoms with E-state index in [1.807, 2.05) is 13.8 Å². The molecular formula is C36H53N3O4S. The van der Waals surface area contributed by atoms with Gasteiger partial charge in [-0.2, -0.15) is 0 Å². The fourth-order valence-corrected chi connectivity index (χ4v) is 7.43. The second-order valence-electron chi connectivity index (χ2n) is 15.3. The highest BCUT2D eigenvalue weighted by molar-refractivity contribution is 7.90. The van der Waals surface area contributed by atoms with Gasteiger partial charge >= 0.3 is 0 Å². The number of carbonyl (C=O) groups is 2. The van der Waals surface area contributed by atoms with Crippen molar-refractivity contribution in [3.63, 3.8) is 0 Å². The number of nitrogens with one attached hydrogen (secondary N) is 2.